The molecule has 0 fully saturated rings. The third-order valence-electron chi connectivity index (χ3n) is 2.96. The highest BCUT2D eigenvalue weighted by atomic mass is 31.1. The van der Waals surface area contributed by atoms with Gasteiger partial charge in [-0.1, -0.05) is 49.8 Å². The van der Waals surface area contributed by atoms with Gasteiger partial charge in [-0.3, -0.25) is 4.79 Å². The average molecular weight is 306 g/mol. The lowest BCUT2D eigenvalue weighted by atomic mass is 10.0. The van der Waals surface area contributed by atoms with Crippen LogP contribution < -0.4 is 0 Å². The van der Waals surface area contributed by atoms with Crippen molar-refractivity contribution in [1.29, 1.82) is 0 Å². The number of carbonyl (C=O) groups is 1. The molecular weight excluding hydrogens is 279 g/mol. The molecule has 0 aliphatic rings. The lowest BCUT2D eigenvalue weighted by Crippen LogP contribution is -2.04. The number of carbonyl (C=O) groups excluding carboxylic acids is 1. The van der Waals surface area contributed by atoms with Crippen LogP contribution in [0.4, 0.5) is 0 Å². The van der Waals surface area contributed by atoms with Crippen LogP contribution in [0.3, 0.4) is 0 Å². The fraction of sp³-hybridized carbons (Fsp3) is 0.389. The molecule has 1 aromatic carbocycles. The van der Waals surface area contributed by atoms with Crippen molar-refractivity contribution in [3.8, 4) is 0 Å². The number of benzene rings is 1. The Morgan fingerprint density at radius 3 is 1.95 bits per heavy atom. The molecule has 0 aliphatic carbocycles. The molecule has 0 bridgehead atoms. The normalized spacial score (nSPS) is 12.9. The Bertz CT molecular complexity index is 519. The highest BCUT2D eigenvalue weighted by Gasteiger charge is 2.23. The standard InChI is InChI=1S/C16H21O2P.C2H6/c1-6-8-14(7-2)19(18)16(17)15-12(4)9-11(3)10-13(15)5;1-2/h6-10,18H,1-5H3;1-2H3/b8-6-,14-7+;. The van der Waals surface area contributed by atoms with E-state index in [-0.39, 0.29) is 5.52 Å². The summed E-state index contributed by atoms with van der Waals surface area (Å²) in [5, 5.41) is 0.696. The lowest BCUT2D eigenvalue weighted by molar-refractivity contribution is 0.107. The number of hydrogen-bond acceptors (Lipinski definition) is 2. The Hall–Kier alpha value is -1.24. The van der Waals surface area contributed by atoms with Crippen LogP contribution >= 0.6 is 8.15 Å². The lowest BCUT2D eigenvalue weighted by Gasteiger charge is -2.15. The zero-order chi connectivity index (χ0) is 16.6. The zero-order valence-electron chi connectivity index (χ0n) is 14.2. The Labute approximate surface area is 130 Å². The fourth-order valence-corrected chi connectivity index (χ4v) is 3.53. The minimum absolute atomic E-state index is 0.170. The van der Waals surface area contributed by atoms with E-state index in [9.17, 15) is 9.69 Å². The number of rotatable bonds is 4. The molecule has 1 atom stereocenters. The van der Waals surface area contributed by atoms with Crippen LogP contribution in [0.1, 0.15) is 54.7 Å². The second-order valence-corrected chi connectivity index (χ2v) is 6.15. The fourth-order valence-electron chi connectivity index (χ4n) is 2.20. The van der Waals surface area contributed by atoms with Gasteiger partial charge >= 0.3 is 0 Å². The Morgan fingerprint density at radius 2 is 1.57 bits per heavy atom. The first-order valence-electron chi connectivity index (χ1n) is 7.32. The summed E-state index contributed by atoms with van der Waals surface area (Å²) in [5.74, 6) is 0. The molecule has 1 unspecified atom stereocenters. The molecule has 0 amide bonds. The van der Waals surface area contributed by atoms with Gasteiger partial charge in [-0.25, -0.2) is 0 Å². The first-order valence-corrected chi connectivity index (χ1v) is 8.62. The van der Waals surface area contributed by atoms with Crippen molar-refractivity contribution in [2.24, 2.45) is 0 Å². The number of aryl methyl sites for hydroxylation is 3. The van der Waals surface area contributed by atoms with E-state index >= 15 is 0 Å². The molecule has 3 heteroatoms. The summed E-state index contributed by atoms with van der Waals surface area (Å²) in [4.78, 5) is 22.8. The summed E-state index contributed by atoms with van der Waals surface area (Å²) in [6.45, 7) is 13.6. The van der Waals surface area contributed by atoms with Gasteiger partial charge in [0.15, 0.2) is 0 Å². The molecule has 116 valence electrons. The monoisotopic (exact) mass is 306 g/mol. The molecule has 0 saturated carbocycles. The molecule has 0 spiro atoms. The molecule has 0 aromatic heterocycles. The van der Waals surface area contributed by atoms with Crippen LogP contribution in [0.25, 0.3) is 0 Å². The van der Waals surface area contributed by atoms with Crippen molar-refractivity contribution >= 4 is 13.7 Å². The van der Waals surface area contributed by atoms with Gasteiger partial charge in [0, 0.05) is 10.9 Å². The van der Waals surface area contributed by atoms with Gasteiger partial charge in [0.25, 0.3) is 0 Å². The Kier molecular flexibility index (Phi) is 9.08. The maximum absolute atomic E-state index is 12.5. The van der Waals surface area contributed by atoms with Crippen LogP contribution in [-0.2, 0) is 0 Å². The molecule has 21 heavy (non-hydrogen) atoms. The molecule has 0 heterocycles. The van der Waals surface area contributed by atoms with E-state index < -0.39 is 8.15 Å². The van der Waals surface area contributed by atoms with Crippen LogP contribution in [0.2, 0.25) is 0 Å². The predicted molar refractivity (Wildman–Crippen MR) is 94.0 cm³/mol. The van der Waals surface area contributed by atoms with Crippen molar-refractivity contribution < 1.29 is 9.69 Å². The molecule has 0 saturated heterocycles. The van der Waals surface area contributed by atoms with Crippen molar-refractivity contribution in [3.05, 3.63) is 57.9 Å². The molecule has 2 nitrogen and oxygen atoms in total. The molecule has 1 rings (SSSR count). The zero-order valence-corrected chi connectivity index (χ0v) is 15.1. The third kappa shape index (κ3) is 5.22. The molecule has 0 aliphatic heterocycles. The molecule has 1 aromatic rings. The minimum atomic E-state index is -1.79. The summed E-state index contributed by atoms with van der Waals surface area (Å²) in [6.07, 6.45) is 5.42. The second-order valence-electron chi connectivity index (χ2n) is 4.60. The van der Waals surface area contributed by atoms with Crippen molar-refractivity contribution in [1.82, 2.24) is 0 Å². The first kappa shape index (κ1) is 19.8. The van der Waals surface area contributed by atoms with Gasteiger partial charge in [0.2, 0.25) is 5.52 Å². The van der Waals surface area contributed by atoms with E-state index in [0.29, 0.717) is 10.9 Å². The van der Waals surface area contributed by atoms with Gasteiger partial charge in [-0.15, -0.1) is 0 Å². The van der Waals surface area contributed by atoms with E-state index in [1.54, 1.807) is 12.2 Å². The van der Waals surface area contributed by atoms with E-state index in [1.807, 2.05) is 66.7 Å². The van der Waals surface area contributed by atoms with Crippen LogP contribution in [0.15, 0.2) is 35.7 Å². The average Bonchev–Trinajstić information content (AvgIpc) is 2.45. The van der Waals surface area contributed by atoms with E-state index in [4.69, 9.17) is 0 Å². The molecule has 0 radical (unpaired) electrons. The SMILES string of the molecule is C/C=C\C(=C/C)P(O)C(=O)c1c(C)cc(C)cc1C.CC. The highest BCUT2D eigenvalue weighted by Crippen LogP contribution is 2.45. The van der Waals surface area contributed by atoms with Crippen molar-refractivity contribution in [2.45, 2.75) is 48.5 Å². The summed E-state index contributed by atoms with van der Waals surface area (Å²) < 4.78 is 0. The van der Waals surface area contributed by atoms with Gasteiger partial charge in [0.05, 0.1) is 0 Å². The van der Waals surface area contributed by atoms with Crippen LogP contribution in [0, 0.1) is 20.8 Å². The van der Waals surface area contributed by atoms with E-state index in [1.165, 1.54) is 0 Å². The largest absolute Gasteiger partial charge is 0.362 e. The summed E-state index contributed by atoms with van der Waals surface area (Å²) in [5.41, 5.74) is 3.48. The topological polar surface area (TPSA) is 37.3 Å². The maximum atomic E-state index is 12.5. The third-order valence-corrected chi connectivity index (χ3v) is 4.47. The highest BCUT2D eigenvalue weighted by molar-refractivity contribution is 7.74. The first-order chi connectivity index (χ1) is 9.92. The Balaban J connectivity index is 0.00000191. The van der Waals surface area contributed by atoms with E-state index in [0.717, 1.165) is 16.7 Å². The summed E-state index contributed by atoms with van der Waals surface area (Å²) in [7, 11) is -1.79. The Morgan fingerprint density at radius 1 is 1.10 bits per heavy atom. The van der Waals surface area contributed by atoms with Crippen molar-refractivity contribution in [3.63, 3.8) is 0 Å². The van der Waals surface area contributed by atoms with Gasteiger partial charge in [-0.2, -0.15) is 0 Å². The number of hydrogen-bond donors (Lipinski definition) is 1. The maximum Gasteiger partial charge on any atom is 0.216 e. The molecular formula is C18H27O2P. The van der Waals surface area contributed by atoms with Crippen LogP contribution in [-0.4, -0.2) is 10.4 Å². The van der Waals surface area contributed by atoms with E-state index in [2.05, 4.69) is 0 Å². The predicted octanol–water partition coefficient (Wildman–Crippen LogP) is 5.65. The summed E-state index contributed by atoms with van der Waals surface area (Å²) >= 11 is 0. The van der Waals surface area contributed by atoms with Crippen molar-refractivity contribution in [2.75, 3.05) is 0 Å². The minimum Gasteiger partial charge on any atom is -0.362 e. The van der Waals surface area contributed by atoms with Gasteiger partial charge < -0.3 is 4.89 Å². The summed E-state index contributed by atoms with van der Waals surface area (Å²) in [6, 6.07) is 3.96. The number of allylic oxidation sites excluding steroid dienone is 4. The van der Waals surface area contributed by atoms with Crippen LogP contribution in [0.5, 0.6) is 0 Å². The molecule has 1 N–H and O–H groups in total. The van der Waals surface area contributed by atoms with Gasteiger partial charge in [0.1, 0.15) is 8.15 Å². The van der Waals surface area contributed by atoms with Gasteiger partial charge in [-0.05, 0) is 45.7 Å². The second kappa shape index (κ2) is 9.65. The smallest absolute Gasteiger partial charge is 0.216 e. The quantitative estimate of drug-likeness (QED) is 0.576.